The minimum absolute atomic E-state index is 0.298. The Morgan fingerprint density at radius 3 is 2.63 bits per heavy atom. The van der Waals surface area contributed by atoms with Gasteiger partial charge in [0.05, 0.1) is 29.2 Å². The van der Waals surface area contributed by atoms with Crippen molar-refractivity contribution in [3.63, 3.8) is 0 Å². The van der Waals surface area contributed by atoms with Gasteiger partial charge in [0.2, 0.25) is 0 Å². The molecule has 1 heterocycles. The Balaban J connectivity index is 1.73. The van der Waals surface area contributed by atoms with Crippen molar-refractivity contribution >= 4 is 34.7 Å². The summed E-state index contributed by atoms with van der Waals surface area (Å²) in [6, 6.07) is 16.4. The number of aliphatic imine (C=N–C) groups is 1. The number of carbonyl (C=O) groups is 1. The number of primary amides is 1. The molecule has 0 radical (unpaired) electrons. The van der Waals surface area contributed by atoms with Gasteiger partial charge in [-0.25, -0.2) is 9.18 Å². The number of nitrogens with two attached hydrogens (primary N) is 1. The van der Waals surface area contributed by atoms with Crippen molar-refractivity contribution in [2.45, 2.75) is 6.42 Å². The van der Waals surface area contributed by atoms with E-state index in [1.54, 1.807) is 36.4 Å². The third kappa shape index (κ3) is 3.62. The topological polar surface area (TPSA) is 67.9 Å². The highest BCUT2D eigenvalue weighted by atomic mass is 35.5. The summed E-state index contributed by atoms with van der Waals surface area (Å²) in [4.78, 5) is 18.2. The number of amides is 2. The van der Waals surface area contributed by atoms with Gasteiger partial charge in [-0.15, -0.1) is 0 Å². The second kappa shape index (κ2) is 8.16. The van der Waals surface area contributed by atoms with Crippen molar-refractivity contribution in [2.75, 3.05) is 18.6 Å². The number of carbonyl (C=O) groups excluding carboxylic acids is 1. The molecule has 3 aromatic rings. The highest BCUT2D eigenvalue weighted by Gasteiger charge is 2.22. The maximum absolute atomic E-state index is 13.8. The van der Waals surface area contributed by atoms with E-state index in [0.29, 0.717) is 28.7 Å². The van der Waals surface area contributed by atoms with E-state index in [-0.39, 0.29) is 5.82 Å². The number of methoxy groups -OCH3 is 1. The Morgan fingerprint density at radius 2 is 1.93 bits per heavy atom. The number of anilines is 2. The highest BCUT2D eigenvalue weighted by molar-refractivity contribution is 6.32. The van der Waals surface area contributed by atoms with Crippen molar-refractivity contribution in [1.29, 1.82) is 0 Å². The Hall–Kier alpha value is -3.38. The lowest BCUT2D eigenvalue weighted by Gasteiger charge is -2.24. The van der Waals surface area contributed by atoms with Crippen molar-refractivity contribution in [3.05, 3.63) is 88.2 Å². The van der Waals surface area contributed by atoms with Crippen LogP contribution in [0.5, 0.6) is 5.75 Å². The van der Waals surface area contributed by atoms with Gasteiger partial charge in [-0.05, 0) is 48.4 Å². The molecular weight excluding hydrogens is 405 g/mol. The molecule has 1 aliphatic rings. The fourth-order valence-electron chi connectivity index (χ4n) is 3.64. The molecule has 5 nitrogen and oxygen atoms in total. The van der Waals surface area contributed by atoms with Crippen molar-refractivity contribution < 1.29 is 13.9 Å². The summed E-state index contributed by atoms with van der Waals surface area (Å²) >= 11 is 6.20. The molecule has 1 aliphatic heterocycles. The van der Waals surface area contributed by atoms with E-state index in [9.17, 15) is 9.18 Å². The number of urea groups is 1. The van der Waals surface area contributed by atoms with Crippen LogP contribution in [0, 0.1) is 5.82 Å². The number of halogens is 2. The summed E-state index contributed by atoms with van der Waals surface area (Å²) in [5.74, 6) is 0.0519. The van der Waals surface area contributed by atoms with E-state index in [1.807, 2.05) is 12.1 Å². The summed E-state index contributed by atoms with van der Waals surface area (Å²) in [5, 5.41) is 0.369. The standard InChI is InChI=1S/C23H19ClFN3O2/c1-30-22-19(24)3-2-4-20(22)28(23(26)29)17-9-6-15(7-10-17)21-18-13-16(25)8-5-14(18)11-12-27-21/h2-10,13H,11-12H2,1H3,(H2,26,29). The normalized spacial score (nSPS) is 12.7. The fraction of sp³-hybridized carbons (Fsp3) is 0.130. The predicted molar refractivity (Wildman–Crippen MR) is 117 cm³/mol. The number of fused-ring (bicyclic) bond motifs is 1. The van der Waals surface area contributed by atoms with E-state index < -0.39 is 6.03 Å². The first-order valence-corrected chi connectivity index (χ1v) is 9.73. The third-order valence-corrected chi connectivity index (χ3v) is 5.29. The van der Waals surface area contributed by atoms with Gasteiger partial charge in [-0.2, -0.15) is 0 Å². The maximum Gasteiger partial charge on any atom is 0.324 e. The van der Waals surface area contributed by atoms with Crippen molar-refractivity contribution in [2.24, 2.45) is 10.7 Å². The monoisotopic (exact) mass is 423 g/mol. The lowest BCUT2D eigenvalue weighted by atomic mass is 9.93. The Kier molecular flexibility index (Phi) is 5.42. The number of nitrogens with zero attached hydrogens (tertiary/aromatic N) is 2. The van der Waals surface area contributed by atoms with Crippen LogP contribution in [0.15, 0.2) is 65.7 Å². The first kappa shape index (κ1) is 19.9. The van der Waals surface area contributed by atoms with Crippen LogP contribution < -0.4 is 15.4 Å². The van der Waals surface area contributed by atoms with Crippen molar-refractivity contribution in [3.8, 4) is 5.75 Å². The van der Waals surface area contributed by atoms with Crippen LogP contribution in [0.25, 0.3) is 0 Å². The van der Waals surface area contributed by atoms with Gasteiger partial charge in [-0.1, -0.05) is 35.9 Å². The van der Waals surface area contributed by atoms with Crippen LogP contribution in [0.3, 0.4) is 0 Å². The molecule has 0 unspecified atom stereocenters. The Bertz CT molecular complexity index is 1150. The molecular formula is C23H19ClFN3O2. The highest BCUT2D eigenvalue weighted by Crippen LogP contribution is 2.38. The van der Waals surface area contributed by atoms with E-state index in [2.05, 4.69) is 4.99 Å². The predicted octanol–water partition coefficient (Wildman–Crippen LogP) is 5.10. The first-order chi connectivity index (χ1) is 14.5. The molecule has 30 heavy (non-hydrogen) atoms. The smallest absolute Gasteiger partial charge is 0.324 e. The minimum Gasteiger partial charge on any atom is -0.493 e. The van der Waals surface area contributed by atoms with Crippen LogP contribution in [-0.4, -0.2) is 25.4 Å². The SMILES string of the molecule is COc1c(Cl)cccc1N(C(N)=O)c1ccc(C2=NCCc3ccc(F)cc32)cc1. The van der Waals surface area contributed by atoms with Crippen LogP contribution in [-0.2, 0) is 6.42 Å². The minimum atomic E-state index is -0.675. The Labute approximate surface area is 178 Å². The average Bonchev–Trinajstić information content (AvgIpc) is 2.74. The van der Waals surface area contributed by atoms with Gasteiger partial charge in [0, 0.05) is 17.7 Å². The molecule has 0 atom stereocenters. The number of para-hydroxylation sites is 1. The fourth-order valence-corrected chi connectivity index (χ4v) is 3.88. The van der Waals surface area contributed by atoms with Gasteiger partial charge in [0.25, 0.3) is 0 Å². The van der Waals surface area contributed by atoms with E-state index in [0.717, 1.165) is 28.8 Å². The van der Waals surface area contributed by atoms with E-state index in [4.69, 9.17) is 22.1 Å². The molecule has 0 spiro atoms. The number of hydrogen-bond donors (Lipinski definition) is 1. The molecule has 3 aromatic carbocycles. The number of ether oxygens (including phenoxy) is 1. The summed E-state index contributed by atoms with van der Waals surface area (Å²) in [6.45, 7) is 0.642. The van der Waals surface area contributed by atoms with Crippen LogP contribution >= 0.6 is 11.6 Å². The van der Waals surface area contributed by atoms with Crippen LogP contribution in [0.2, 0.25) is 5.02 Å². The van der Waals surface area contributed by atoms with Crippen LogP contribution in [0.4, 0.5) is 20.6 Å². The molecule has 0 fully saturated rings. The lowest BCUT2D eigenvalue weighted by Crippen LogP contribution is -2.31. The molecule has 0 aromatic heterocycles. The summed E-state index contributed by atoms with van der Waals surface area (Å²) in [6.07, 6.45) is 0.779. The number of hydrogen-bond acceptors (Lipinski definition) is 3. The lowest BCUT2D eigenvalue weighted by molar-refractivity contribution is 0.256. The Morgan fingerprint density at radius 1 is 1.17 bits per heavy atom. The zero-order valence-electron chi connectivity index (χ0n) is 16.2. The number of benzene rings is 3. The molecule has 0 saturated heterocycles. The van der Waals surface area contributed by atoms with E-state index in [1.165, 1.54) is 24.1 Å². The molecule has 7 heteroatoms. The van der Waals surface area contributed by atoms with Gasteiger partial charge in [0.1, 0.15) is 5.82 Å². The summed E-state index contributed by atoms with van der Waals surface area (Å²) in [5.41, 5.74) is 10.0. The van der Waals surface area contributed by atoms with Gasteiger partial charge in [0.15, 0.2) is 5.75 Å². The average molecular weight is 424 g/mol. The molecule has 2 N–H and O–H groups in total. The summed E-state index contributed by atoms with van der Waals surface area (Å²) < 4.78 is 19.2. The quantitative estimate of drug-likeness (QED) is 0.634. The third-order valence-electron chi connectivity index (χ3n) is 4.99. The van der Waals surface area contributed by atoms with Gasteiger partial charge < -0.3 is 10.5 Å². The molecule has 152 valence electrons. The second-order valence-corrected chi connectivity index (χ2v) is 7.20. The maximum atomic E-state index is 13.8. The molecule has 0 aliphatic carbocycles. The largest absolute Gasteiger partial charge is 0.493 e. The van der Waals surface area contributed by atoms with Crippen LogP contribution in [0.1, 0.15) is 16.7 Å². The zero-order chi connectivity index (χ0) is 21.3. The molecule has 0 bridgehead atoms. The zero-order valence-corrected chi connectivity index (χ0v) is 17.0. The van der Waals surface area contributed by atoms with E-state index >= 15 is 0 Å². The molecule has 4 rings (SSSR count). The van der Waals surface area contributed by atoms with Crippen molar-refractivity contribution in [1.82, 2.24) is 0 Å². The number of rotatable bonds is 4. The molecule has 2 amide bonds. The van der Waals surface area contributed by atoms with Gasteiger partial charge >= 0.3 is 6.03 Å². The second-order valence-electron chi connectivity index (χ2n) is 6.79. The van der Waals surface area contributed by atoms with Gasteiger partial charge in [-0.3, -0.25) is 9.89 Å². The molecule has 0 saturated carbocycles. The summed E-state index contributed by atoms with van der Waals surface area (Å²) in [7, 11) is 1.48. The first-order valence-electron chi connectivity index (χ1n) is 9.35.